The van der Waals surface area contributed by atoms with E-state index in [1.807, 2.05) is 0 Å². The van der Waals surface area contributed by atoms with Gasteiger partial charge in [-0.15, -0.1) is 0 Å². The number of carbonyl (C=O) groups is 2. The monoisotopic (exact) mass is 624 g/mol. The van der Waals surface area contributed by atoms with Crippen LogP contribution in [0.3, 0.4) is 0 Å². The zero-order chi connectivity index (χ0) is 32.1. The van der Waals surface area contributed by atoms with E-state index in [2.05, 4.69) is 0 Å². The first kappa shape index (κ1) is 32.6. The molecule has 0 radical (unpaired) electrons. The molecule has 3 aromatic rings. The third-order valence-electron chi connectivity index (χ3n) is 7.45. The number of hydrogen-bond acceptors (Lipinski definition) is 5. The second-order valence-corrected chi connectivity index (χ2v) is 10.4. The molecule has 1 aliphatic heterocycles. The first-order chi connectivity index (χ1) is 20.7. The van der Waals surface area contributed by atoms with Crippen LogP contribution < -0.4 is 5.73 Å². The second-order valence-electron chi connectivity index (χ2n) is 10.4. The van der Waals surface area contributed by atoms with Gasteiger partial charge in [0.25, 0.3) is 0 Å². The highest BCUT2D eigenvalue weighted by Gasteiger charge is 2.48. The Morgan fingerprint density at radius 2 is 1.50 bits per heavy atom. The van der Waals surface area contributed by atoms with Crippen molar-refractivity contribution >= 4 is 12.2 Å². The van der Waals surface area contributed by atoms with Crippen LogP contribution in [-0.2, 0) is 38.7 Å². The molecule has 3 aromatic carbocycles. The van der Waals surface area contributed by atoms with Crippen molar-refractivity contribution in [3.63, 3.8) is 0 Å². The fourth-order valence-electron chi connectivity index (χ4n) is 5.17. The molecule has 44 heavy (non-hydrogen) atoms. The Bertz CT molecular complexity index is 1400. The Hall–Kier alpha value is -4.26. The Kier molecular flexibility index (Phi) is 9.77. The van der Waals surface area contributed by atoms with Gasteiger partial charge in [0.05, 0.1) is 35.9 Å². The van der Waals surface area contributed by atoms with Crippen LogP contribution in [0.1, 0.15) is 53.7 Å². The van der Waals surface area contributed by atoms with Crippen molar-refractivity contribution in [1.29, 1.82) is 0 Å². The number of alkyl halides is 6. The van der Waals surface area contributed by atoms with E-state index >= 15 is 0 Å². The zero-order valence-electron chi connectivity index (χ0n) is 23.5. The Labute approximate surface area is 249 Å². The maximum Gasteiger partial charge on any atom is 0.416 e. The summed E-state index contributed by atoms with van der Waals surface area (Å²) in [7, 11) is 0. The highest BCUT2D eigenvalue weighted by Crippen LogP contribution is 2.42. The molecule has 2 amide bonds. The van der Waals surface area contributed by atoms with Crippen molar-refractivity contribution in [1.82, 2.24) is 4.90 Å². The number of ether oxygens (including phenoxy) is 3. The summed E-state index contributed by atoms with van der Waals surface area (Å²) in [6.45, 7) is 0.739. The van der Waals surface area contributed by atoms with Gasteiger partial charge in [0.2, 0.25) is 0 Å². The summed E-state index contributed by atoms with van der Waals surface area (Å²) >= 11 is 0. The van der Waals surface area contributed by atoms with Gasteiger partial charge >= 0.3 is 24.5 Å². The Balaban J connectivity index is 1.69. The molecule has 1 aliphatic rings. The Morgan fingerprint density at radius 1 is 0.932 bits per heavy atom. The molecule has 0 saturated carbocycles. The quantitative estimate of drug-likeness (QED) is 0.261. The summed E-state index contributed by atoms with van der Waals surface area (Å²) < 4.78 is 97.9. The van der Waals surface area contributed by atoms with Gasteiger partial charge in [0, 0.05) is 0 Å². The second kappa shape index (κ2) is 13.2. The minimum Gasteiger partial charge on any atom is -0.445 e. The first-order valence-electron chi connectivity index (χ1n) is 13.6. The maximum absolute atomic E-state index is 13.6. The van der Waals surface area contributed by atoms with E-state index in [4.69, 9.17) is 19.9 Å². The minimum atomic E-state index is -5.03. The molecule has 1 fully saturated rings. The normalized spacial score (nSPS) is 19.7. The van der Waals surface area contributed by atoms with Gasteiger partial charge in [0.15, 0.2) is 0 Å². The summed E-state index contributed by atoms with van der Waals surface area (Å²) in [5.74, 6) is 0. The van der Waals surface area contributed by atoms with Crippen LogP contribution in [0.5, 0.6) is 0 Å². The smallest absolute Gasteiger partial charge is 0.416 e. The number of amides is 2. The molecule has 0 aliphatic carbocycles. The van der Waals surface area contributed by atoms with Crippen molar-refractivity contribution in [2.24, 2.45) is 5.73 Å². The van der Waals surface area contributed by atoms with E-state index < -0.39 is 53.4 Å². The van der Waals surface area contributed by atoms with Crippen LogP contribution in [-0.4, -0.2) is 36.3 Å². The average molecular weight is 625 g/mol. The molecule has 4 rings (SSSR count). The van der Waals surface area contributed by atoms with Crippen LogP contribution >= 0.6 is 0 Å². The van der Waals surface area contributed by atoms with Crippen LogP contribution in [0.4, 0.5) is 35.9 Å². The lowest BCUT2D eigenvalue weighted by Crippen LogP contribution is -2.59. The van der Waals surface area contributed by atoms with Gasteiger partial charge < -0.3 is 19.9 Å². The van der Waals surface area contributed by atoms with Crippen LogP contribution in [0.2, 0.25) is 0 Å². The fourth-order valence-corrected chi connectivity index (χ4v) is 5.17. The number of carbonyl (C=O) groups excluding carboxylic acids is 2. The van der Waals surface area contributed by atoms with Gasteiger partial charge in [-0.05, 0) is 54.7 Å². The number of nitrogens with zero attached hydrogens (tertiary/aromatic N) is 1. The minimum absolute atomic E-state index is 0.0478. The number of piperidine rings is 1. The number of halogens is 6. The molecule has 7 nitrogen and oxygen atoms in total. The number of benzene rings is 3. The number of hydrogen-bond donors (Lipinski definition) is 1. The summed E-state index contributed by atoms with van der Waals surface area (Å²) in [4.78, 5) is 26.5. The van der Waals surface area contributed by atoms with Crippen LogP contribution in [0, 0.1) is 0 Å². The molecule has 1 unspecified atom stereocenters. The number of nitrogens with two attached hydrogens (primary N) is 1. The van der Waals surface area contributed by atoms with Crippen LogP contribution in [0.25, 0.3) is 0 Å². The lowest BCUT2D eigenvalue weighted by atomic mass is 9.80. The molecule has 1 heterocycles. The van der Waals surface area contributed by atoms with E-state index in [1.54, 1.807) is 60.7 Å². The third-order valence-corrected chi connectivity index (χ3v) is 7.45. The highest BCUT2D eigenvalue weighted by molar-refractivity contribution is 5.70. The lowest BCUT2D eigenvalue weighted by Gasteiger charge is -2.48. The van der Waals surface area contributed by atoms with Gasteiger partial charge in [-0.1, -0.05) is 60.7 Å². The van der Waals surface area contributed by atoms with E-state index in [1.165, 1.54) is 11.8 Å². The molecule has 0 aromatic heterocycles. The van der Waals surface area contributed by atoms with E-state index in [0.717, 1.165) is 0 Å². The standard InChI is InChI=1S/C31H30F6N2O5/c1-20(22-14-24(30(32,33)34)16-25(15-22)31(35,36)37)43-19-29(23-10-6-3-7-11-23)13-12-26(44-27(38)40)17-39(29)28(41)42-18-21-8-4-2-5-9-21/h2-11,14-16,20,26H,12-13,17-19H2,1H3,(H2,38,40)/t20-,26?,29-/m1/s1. The average Bonchev–Trinajstić information content (AvgIpc) is 2.98. The molecule has 0 spiro atoms. The molecule has 0 bridgehead atoms. The van der Waals surface area contributed by atoms with Gasteiger partial charge in [-0.2, -0.15) is 26.3 Å². The maximum atomic E-state index is 13.6. The van der Waals surface area contributed by atoms with Gasteiger partial charge in [0.1, 0.15) is 12.7 Å². The molecule has 13 heteroatoms. The van der Waals surface area contributed by atoms with Crippen molar-refractivity contribution in [3.8, 4) is 0 Å². The number of likely N-dealkylation sites (tertiary alicyclic amines) is 1. The highest BCUT2D eigenvalue weighted by atomic mass is 19.4. The molecular formula is C31H30F6N2O5. The topological polar surface area (TPSA) is 91.1 Å². The summed E-state index contributed by atoms with van der Waals surface area (Å²) in [5, 5.41) is 0. The molecule has 236 valence electrons. The largest absolute Gasteiger partial charge is 0.445 e. The summed E-state index contributed by atoms with van der Waals surface area (Å²) in [6.07, 6.45) is -13.6. The van der Waals surface area contributed by atoms with Crippen molar-refractivity contribution < 1.29 is 50.1 Å². The predicted molar refractivity (Wildman–Crippen MR) is 146 cm³/mol. The van der Waals surface area contributed by atoms with Gasteiger partial charge in [-0.3, -0.25) is 4.90 Å². The number of rotatable bonds is 8. The third kappa shape index (κ3) is 7.81. The summed E-state index contributed by atoms with van der Waals surface area (Å²) in [5.41, 5.74) is 1.92. The summed E-state index contributed by atoms with van der Waals surface area (Å²) in [6, 6.07) is 18.7. The SMILES string of the molecule is C[C@@H](OC[C@@]1(c2ccccc2)CCC(OC(N)=O)CN1C(=O)OCc1ccccc1)c1cc(C(F)(F)F)cc(C(F)(F)F)c1. The number of primary amides is 1. The van der Waals surface area contributed by atoms with E-state index in [9.17, 15) is 35.9 Å². The van der Waals surface area contributed by atoms with Crippen molar-refractivity contribution in [2.45, 2.75) is 56.5 Å². The van der Waals surface area contributed by atoms with Crippen molar-refractivity contribution in [2.75, 3.05) is 13.2 Å². The Morgan fingerprint density at radius 3 is 2.05 bits per heavy atom. The first-order valence-corrected chi connectivity index (χ1v) is 13.6. The fraction of sp³-hybridized carbons (Fsp3) is 0.355. The molecule has 2 N–H and O–H groups in total. The zero-order valence-corrected chi connectivity index (χ0v) is 23.5. The molecule has 3 atom stereocenters. The van der Waals surface area contributed by atoms with Crippen LogP contribution in [0.15, 0.2) is 78.9 Å². The van der Waals surface area contributed by atoms with E-state index in [0.29, 0.717) is 23.3 Å². The molecule has 1 saturated heterocycles. The predicted octanol–water partition coefficient (Wildman–Crippen LogP) is 7.59. The van der Waals surface area contributed by atoms with E-state index in [-0.39, 0.29) is 44.2 Å². The molecular weight excluding hydrogens is 594 g/mol. The van der Waals surface area contributed by atoms with Crippen molar-refractivity contribution in [3.05, 3.63) is 107 Å². The lowest BCUT2D eigenvalue weighted by molar-refractivity contribution is -0.143. The van der Waals surface area contributed by atoms with Gasteiger partial charge in [-0.25, -0.2) is 9.59 Å².